The first kappa shape index (κ1) is 13.9. The molecular weight excluding hydrogens is 276 g/mol. The van der Waals surface area contributed by atoms with Gasteiger partial charge in [-0.1, -0.05) is 13.8 Å². The lowest BCUT2D eigenvalue weighted by atomic mass is 9.55. The van der Waals surface area contributed by atoms with Gasteiger partial charge in [0.2, 0.25) is 6.29 Å². The van der Waals surface area contributed by atoms with E-state index in [9.17, 15) is 15.0 Å². The first-order chi connectivity index (χ1) is 9.80. The van der Waals surface area contributed by atoms with E-state index >= 15 is 0 Å². The number of aliphatic hydroxyl groups excluding tert-OH is 2. The van der Waals surface area contributed by atoms with Crippen LogP contribution in [0.15, 0.2) is 0 Å². The maximum atomic E-state index is 12.1. The van der Waals surface area contributed by atoms with Crippen molar-refractivity contribution in [3.63, 3.8) is 0 Å². The summed E-state index contributed by atoms with van der Waals surface area (Å²) in [5, 5.41) is 21.0. The smallest absolute Gasteiger partial charge is 0.311 e. The van der Waals surface area contributed by atoms with Crippen LogP contribution >= 0.6 is 0 Å². The summed E-state index contributed by atoms with van der Waals surface area (Å²) < 4.78 is 17.7. The van der Waals surface area contributed by atoms with E-state index in [1.54, 1.807) is 6.92 Å². The van der Waals surface area contributed by atoms with Gasteiger partial charge in [0, 0.05) is 12.3 Å². The zero-order valence-corrected chi connectivity index (χ0v) is 12.5. The molecule has 1 spiro atoms. The van der Waals surface area contributed by atoms with Gasteiger partial charge < -0.3 is 24.4 Å². The summed E-state index contributed by atoms with van der Waals surface area (Å²) in [5.74, 6) is -2.31. The minimum atomic E-state index is -1.01. The van der Waals surface area contributed by atoms with E-state index in [-0.39, 0.29) is 11.8 Å². The minimum absolute atomic E-state index is 0.0111. The molecule has 118 valence electrons. The number of fused-ring (bicyclic) bond motifs is 1. The van der Waals surface area contributed by atoms with Crippen molar-refractivity contribution in [1.82, 2.24) is 0 Å². The molecule has 0 aromatic rings. The summed E-state index contributed by atoms with van der Waals surface area (Å²) >= 11 is 0. The molecule has 4 aliphatic rings. The molecular formula is C15H22O6. The Bertz CT molecular complexity index is 495. The summed E-state index contributed by atoms with van der Waals surface area (Å²) in [4.78, 5) is 12.1. The number of aliphatic hydroxyl groups is 2. The van der Waals surface area contributed by atoms with E-state index in [1.165, 1.54) is 0 Å². The van der Waals surface area contributed by atoms with Gasteiger partial charge in [0.05, 0.1) is 18.1 Å². The molecule has 4 fully saturated rings. The molecule has 0 radical (unpaired) electrons. The van der Waals surface area contributed by atoms with Crippen LogP contribution in [0.25, 0.3) is 0 Å². The van der Waals surface area contributed by atoms with Gasteiger partial charge in [-0.2, -0.15) is 0 Å². The Morgan fingerprint density at radius 3 is 2.67 bits per heavy atom. The maximum Gasteiger partial charge on any atom is 0.311 e. The van der Waals surface area contributed by atoms with Crippen LogP contribution in [0, 0.1) is 23.7 Å². The van der Waals surface area contributed by atoms with Crippen molar-refractivity contribution in [2.24, 2.45) is 23.7 Å². The van der Waals surface area contributed by atoms with Gasteiger partial charge in [-0.25, -0.2) is 0 Å². The van der Waals surface area contributed by atoms with Gasteiger partial charge in [-0.3, -0.25) is 4.79 Å². The first-order valence-electron chi connectivity index (χ1n) is 7.75. The van der Waals surface area contributed by atoms with Gasteiger partial charge in [-0.15, -0.1) is 0 Å². The highest BCUT2D eigenvalue weighted by atomic mass is 16.8. The number of hydrogen-bond acceptors (Lipinski definition) is 6. The van der Waals surface area contributed by atoms with Crippen molar-refractivity contribution in [3.05, 3.63) is 0 Å². The number of esters is 1. The minimum Gasteiger partial charge on any atom is -0.432 e. The molecule has 2 bridgehead atoms. The maximum absolute atomic E-state index is 12.1. The van der Waals surface area contributed by atoms with Crippen LogP contribution in [0.3, 0.4) is 0 Å². The molecule has 0 unspecified atom stereocenters. The van der Waals surface area contributed by atoms with Crippen LogP contribution in [0.2, 0.25) is 0 Å². The van der Waals surface area contributed by atoms with Gasteiger partial charge >= 0.3 is 5.97 Å². The van der Waals surface area contributed by atoms with Crippen molar-refractivity contribution in [1.29, 1.82) is 0 Å². The molecule has 1 saturated carbocycles. The SMILES string of the molecule is C[C@@H]1[C@H](O)[C@@H](O)[C@H]2[C@@H](C)C(=O)O[C@H]3O[C@]4(C)CC[C@H]1[C@]32O4. The fraction of sp³-hybridized carbons (Fsp3) is 0.933. The Morgan fingerprint density at radius 2 is 1.95 bits per heavy atom. The fourth-order valence-corrected chi connectivity index (χ4v) is 5.10. The van der Waals surface area contributed by atoms with Gasteiger partial charge in [0.15, 0.2) is 5.79 Å². The van der Waals surface area contributed by atoms with Crippen molar-refractivity contribution in [2.45, 2.75) is 63.5 Å². The zero-order chi connectivity index (χ0) is 15.2. The summed E-state index contributed by atoms with van der Waals surface area (Å²) in [7, 11) is 0. The van der Waals surface area contributed by atoms with Crippen LogP contribution in [0.4, 0.5) is 0 Å². The second-order valence-corrected chi connectivity index (χ2v) is 7.28. The van der Waals surface area contributed by atoms with Crippen LogP contribution < -0.4 is 0 Å². The normalized spacial score (nSPS) is 62.1. The number of carbonyl (C=O) groups excluding carboxylic acids is 1. The van der Waals surface area contributed by atoms with E-state index in [0.29, 0.717) is 6.42 Å². The highest BCUT2D eigenvalue weighted by Crippen LogP contribution is 2.62. The third-order valence-corrected chi connectivity index (χ3v) is 6.15. The van der Waals surface area contributed by atoms with E-state index in [0.717, 1.165) is 6.42 Å². The average Bonchev–Trinajstić information content (AvgIpc) is 2.64. The summed E-state index contributed by atoms with van der Waals surface area (Å²) in [5.41, 5.74) is -0.835. The van der Waals surface area contributed by atoms with Gasteiger partial charge in [0.1, 0.15) is 5.60 Å². The van der Waals surface area contributed by atoms with Crippen molar-refractivity contribution in [3.8, 4) is 0 Å². The van der Waals surface area contributed by atoms with Crippen LogP contribution in [-0.2, 0) is 19.0 Å². The molecule has 0 amide bonds. The average molecular weight is 298 g/mol. The predicted molar refractivity (Wildman–Crippen MR) is 69.7 cm³/mol. The van der Waals surface area contributed by atoms with Crippen LogP contribution in [-0.4, -0.2) is 46.1 Å². The monoisotopic (exact) mass is 298 g/mol. The summed E-state index contributed by atoms with van der Waals surface area (Å²) in [6.07, 6.45) is -1.12. The van der Waals surface area contributed by atoms with Crippen molar-refractivity contribution >= 4 is 5.97 Å². The van der Waals surface area contributed by atoms with Gasteiger partial charge in [-0.05, 0) is 25.2 Å². The lowest BCUT2D eigenvalue weighted by molar-refractivity contribution is -0.299. The quantitative estimate of drug-likeness (QED) is 0.630. The predicted octanol–water partition coefficient (Wildman–Crippen LogP) is 0.405. The highest BCUT2D eigenvalue weighted by molar-refractivity contribution is 5.74. The summed E-state index contributed by atoms with van der Waals surface area (Å²) in [6.45, 7) is 5.51. The second-order valence-electron chi connectivity index (χ2n) is 7.28. The van der Waals surface area contributed by atoms with Crippen LogP contribution in [0.1, 0.15) is 33.6 Å². The largest absolute Gasteiger partial charge is 0.432 e. The Labute approximate surface area is 123 Å². The molecule has 6 heteroatoms. The number of rotatable bonds is 0. The third-order valence-electron chi connectivity index (χ3n) is 6.15. The van der Waals surface area contributed by atoms with Crippen molar-refractivity contribution in [2.75, 3.05) is 0 Å². The molecule has 3 heterocycles. The molecule has 21 heavy (non-hydrogen) atoms. The molecule has 3 aliphatic heterocycles. The molecule has 2 N–H and O–H groups in total. The zero-order valence-electron chi connectivity index (χ0n) is 12.5. The Balaban J connectivity index is 1.88. The highest BCUT2D eigenvalue weighted by Gasteiger charge is 2.75. The number of ether oxygens (including phenoxy) is 3. The Morgan fingerprint density at radius 1 is 1.24 bits per heavy atom. The van der Waals surface area contributed by atoms with Gasteiger partial charge in [0.25, 0.3) is 0 Å². The van der Waals surface area contributed by atoms with E-state index in [4.69, 9.17) is 14.2 Å². The Hall–Kier alpha value is -0.690. The Kier molecular flexibility index (Phi) is 2.64. The first-order valence-corrected chi connectivity index (χ1v) is 7.75. The molecule has 6 nitrogen and oxygen atoms in total. The van der Waals surface area contributed by atoms with Crippen molar-refractivity contribution < 1.29 is 29.2 Å². The fourth-order valence-electron chi connectivity index (χ4n) is 5.10. The molecule has 0 aromatic carbocycles. The molecule has 1 aliphatic carbocycles. The number of carbonyl (C=O) groups is 1. The molecule has 0 aromatic heterocycles. The molecule has 4 rings (SSSR count). The lowest BCUT2D eigenvalue weighted by Gasteiger charge is -2.58. The van der Waals surface area contributed by atoms with E-state index < -0.39 is 47.7 Å². The van der Waals surface area contributed by atoms with E-state index in [2.05, 4.69) is 0 Å². The molecule has 9 atom stereocenters. The van der Waals surface area contributed by atoms with E-state index in [1.807, 2.05) is 13.8 Å². The molecule has 3 saturated heterocycles. The van der Waals surface area contributed by atoms with Crippen LogP contribution in [0.5, 0.6) is 0 Å². The topological polar surface area (TPSA) is 85.2 Å². The standard InChI is InChI=1S/C15H22O6/c1-6-8-4-5-14(3)20-13-15(8,21-14)9(11(17)10(6)16)7(2)12(18)19-13/h6-11,13,16-17H,4-5H2,1-3H3/t6-,7+,8+,9+,10-,11-,13-,14-,15+/m0/s1. The number of hydrogen-bond donors (Lipinski definition) is 2. The lowest BCUT2D eigenvalue weighted by Crippen LogP contribution is -2.72. The second kappa shape index (κ2) is 3.98. The summed E-state index contributed by atoms with van der Waals surface area (Å²) in [6, 6.07) is 0. The third kappa shape index (κ3) is 1.49.